The summed E-state index contributed by atoms with van der Waals surface area (Å²) in [7, 11) is 0. The molecule has 0 heterocycles. The zero-order valence-electron chi connectivity index (χ0n) is 10.7. The van der Waals surface area contributed by atoms with Crippen molar-refractivity contribution in [1.82, 2.24) is 0 Å². The molecule has 17 heavy (non-hydrogen) atoms. The van der Waals surface area contributed by atoms with Crippen molar-refractivity contribution in [2.45, 2.75) is 39.7 Å². The Balaban J connectivity index is 2.62. The molecule has 0 amide bonds. The molecule has 0 aromatic heterocycles. The fraction of sp³-hybridized carbons (Fsp3) is 0.500. The number of hydrogen-bond acceptors (Lipinski definition) is 2. The van der Waals surface area contributed by atoms with Gasteiger partial charge in [0.2, 0.25) is 0 Å². The van der Waals surface area contributed by atoms with Crippen molar-refractivity contribution in [2.24, 2.45) is 5.92 Å². The minimum Gasteiger partial charge on any atom is -0.478 e. The van der Waals surface area contributed by atoms with Gasteiger partial charge in [0.1, 0.15) is 0 Å². The number of hydrogen-bond donors (Lipinski definition) is 2. The first-order valence-corrected chi connectivity index (χ1v) is 6.12. The van der Waals surface area contributed by atoms with E-state index >= 15 is 0 Å². The highest BCUT2D eigenvalue weighted by Crippen LogP contribution is 2.16. The van der Waals surface area contributed by atoms with Crippen LogP contribution in [0.4, 0.5) is 5.69 Å². The smallest absolute Gasteiger partial charge is 0.335 e. The van der Waals surface area contributed by atoms with Crippen LogP contribution in [0.25, 0.3) is 0 Å². The first-order valence-electron chi connectivity index (χ1n) is 6.12. The van der Waals surface area contributed by atoms with Gasteiger partial charge in [0.25, 0.3) is 0 Å². The van der Waals surface area contributed by atoms with Crippen LogP contribution in [0.1, 0.15) is 44.0 Å². The van der Waals surface area contributed by atoms with E-state index in [1.165, 1.54) is 6.42 Å². The summed E-state index contributed by atoms with van der Waals surface area (Å²) in [6, 6.07) is 7.30. The van der Waals surface area contributed by atoms with E-state index < -0.39 is 5.97 Å². The van der Waals surface area contributed by atoms with E-state index in [1.54, 1.807) is 18.2 Å². The van der Waals surface area contributed by atoms with Gasteiger partial charge >= 0.3 is 5.97 Å². The first kappa shape index (κ1) is 13.6. The van der Waals surface area contributed by atoms with Crippen molar-refractivity contribution in [3.05, 3.63) is 29.8 Å². The molecule has 94 valence electrons. The Kier molecular flexibility index (Phi) is 5.01. The molecule has 0 saturated heterocycles. The highest BCUT2D eigenvalue weighted by molar-refractivity contribution is 5.88. The molecule has 0 bridgehead atoms. The van der Waals surface area contributed by atoms with Crippen molar-refractivity contribution < 1.29 is 9.90 Å². The van der Waals surface area contributed by atoms with E-state index in [0.717, 1.165) is 12.1 Å². The van der Waals surface area contributed by atoms with E-state index in [2.05, 4.69) is 26.1 Å². The van der Waals surface area contributed by atoms with Gasteiger partial charge in [-0.25, -0.2) is 4.79 Å². The lowest BCUT2D eigenvalue weighted by Crippen LogP contribution is -2.18. The van der Waals surface area contributed by atoms with E-state index in [1.807, 2.05) is 6.07 Å². The summed E-state index contributed by atoms with van der Waals surface area (Å²) >= 11 is 0. The number of carbonyl (C=O) groups is 1. The minimum absolute atomic E-state index is 0.325. The summed E-state index contributed by atoms with van der Waals surface area (Å²) in [5, 5.41) is 12.2. The Morgan fingerprint density at radius 2 is 2.12 bits per heavy atom. The molecule has 3 nitrogen and oxygen atoms in total. The van der Waals surface area contributed by atoms with Crippen LogP contribution in [0, 0.1) is 5.92 Å². The van der Waals surface area contributed by atoms with E-state index in [-0.39, 0.29) is 0 Å². The Bertz CT molecular complexity index is 376. The summed E-state index contributed by atoms with van der Waals surface area (Å²) in [4.78, 5) is 10.8. The van der Waals surface area contributed by atoms with Crippen LogP contribution in [0.3, 0.4) is 0 Å². The SMILES string of the molecule is CCC(C)CC(C)Nc1cccc(C(=O)O)c1. The van der Waals surface area contributed by atoms with Gasteiger partial charge in [-0.1, -0.05) is 26.3 Å². The van der Waals surface area contributed by atoms with Gasteiger partial charge in [0.15, 0.2) is 0 Å². The Morgan fingerprint density at radius 3 is 2.71 bits per heavy atom. The van der Waals surface area contributed by atoms with Gasteiger partial charge in [-0.3, -0.25) is 0 Å². The van der Waals surface area contributed by atoms with Crippen LogP contribution < -0.4 is 5.32 Å². The fourth-order valence-electron chi connectivity index (χ4n) is 1.86. The second-order valence-corrected chi connectivity index (χ2v) is 4.68. The van der Waals surface area contributed by atoms with Crippen molar-refractivity contribution in [3.8, 4) is 0 Å². The van der Waals surface area contributed by atoms with Gasteiger partial charge in [0.05, 0.1) is 5.56 Å². The van der Waals surface area contributed by atoms with Crippen molar-refractivity contribution in [2.75, 3.05) is 5.32 Å². The van der Waals surface area contributed by atoms with Gasteiger partial charge in [0, 0.05) is 11.7 Å². The molecule has 0 spiro atoms. The molecule has 3 heteroatoms. The molecule has 2 N–H and O–H groups in total. The molecule has 1 aromatic carbocycles. The number of rotatable bonds is 6. The lowest BCUT2D eigenvalue weighted by Gasteiger charge is -2.18. The summed E-state index contributed by atoms with van der Waals surface area (Å²) in [5.74, 6) is -0.205. The maximum Gasteiger partial charge on any atom is 0.335 e. The molecule has 0 radical (unpaired) electrons. The number of nitrogens with one attached hydrogen (secondary N) is 1. The van der Waals surface area contributed by atoms with E-state index in [0.29, 0.717) is 17.5 Å². The Morgan fingerprint density at radius 1 is 1.41 bits per heavy atom. The third-order valence-corrected chi connectivity index (χ3v) is 2.98. The largest absolute Gasteiger partial charge is 0.478 e. The molecule has 2 unspecified atom stereocenters. The highest BCUT2D eigenvalue weighted by Gasteiger charge is 2.08. The van der Waals surface area contributed by atoms with Crippen LogP contribution >= 0.6 is 0 Å². The standard InChI is InChI=1S/C14H21NO2/c1-4-10(2)8-11(3)15-13-7-5-6-12(9-13)14(16)17/h5-7,9-11,15H,4,8H2,1-3H3,(H,16,17). The number of carboxylic acids is 1. The maximum absolute atomic E-state index is 10.8. The molecular formula is C14H21NO2. The second kappa shape index (κ2) is 6.28. The quantitative estimate of drug-likeness (QED) is 0.791. The second-order valence-electron chi connectivity index (χ2n) is 4.68. The average Bonchev–Trinajstić information content (AvgIpc) is 2.28. The number of carboxylic acid groups (broad SMARTS) is 1. The molecule has 1 rings (SSSR count). The first-order chi connectivity index (χ1) is 8.02. The summed E-state index contributed by atoms with van der Waals surface area (Å²) in [6.07, 6.45) is 2.26. The van der Waals surface area contributed by atoms with Crippen molar-refractivity contribution >= 4 is 11.7 Å². The average molecular weight is 235 g/mol. The minimum atomic E-state index is -0.886. The molecule has 0 saturated carbocycles. The predicted octanol–water partition coefficient (Wildman–Crippen LogP) is 3.62. The van der Waals surface area contributed by atoms with Crippen LogP contribution in [0.5, 0.6) is 0 Å². The third-order valence-electron chi connectivity index (χ3n) is 2.98. The van der Waals surface area contributed by atoms with Crippen molar-refractivity contribution in [3.63, 3.8) is 0 Å². The number of aromatic carboxylic acids is 1. The number of anilines is 1. The zero-order chi connectivity index (χ0) is 12.8. The molecular weight excluding hydrogens is 214 g/mol. The van der Waals surface area contributed by atoms with E-state index in [9.17, 15) is 4.79 Å². The Labute approximate surface area is 103 Å². The van der Waals surface area contributed by atoms with Gasteiger partial charge < -0.3 is 10.4 Å². The van der Waals surface area contributed by atoms with Crippen molar-refractivity contribution in [1.29, 1.82) is 0 Å². The van der Waals surface area contributed by atoms with Gasteiger partial charge in [-0.05, 0) is 37.5 Å². The van der Waals surface area contributed by atoms with Gasteiger partial charge in [-0.2, -0.15) is 0 Å². The number of benzene rings is 1. The topological polar surface area (TPSA) is 49.3 Å². The lowest BCUT2D eigenvalue weighted by atomic mass is 10.00. The van der Waals surface area contributed by atoms with Crippen LogP contribution in [-0.4, -0.2) is 17.1 Å². The summed E-state index contributed by atoms with van der Waals surface area (Å²) in [6.45, 7) is 6.54. The third kappa shape index (κ3) is 4.47. The lowest BCUT2D eigenvalue weighted by molar-refractivity contribution is 0.0697. The van der Waals surface area contributed by atoms with E-state index in [4.69, 9.17) is 5.11 Å². The Hall–Kier alpha value is -1.51. The fourth-order valence-corrected chi connectivity index (χ4v) is 1.86. The zero-order valence-corrected chi connectivity index (χ0v) is 10.7. The summed E-state index contributed by atoms with van der Waals surface area (Å²) in [5.41, 5.74) is 1.20. The predicted molar refractivity (Wildman–Crippen MR) is 70.6 cm³/mol. The van der Waals surface area contributed by atoms with Crippen LogP contribution in [-0.2, 0) is 0 Å². The maximum atomic E-state index is 10.8. The monoisotopic (exact) mass is 235 g/mol. The molecule has 2 atom stereocenters. The van der Waals surface area contributed by atoms with Crippen LogP contribution in [0.2, 0.25) is 0 Å². The normalized spacial score (nSPS) is 14.1. The molecule has 0 aliphatic carbocycles. The van der Waals surface area contributed by atoms with Crippen LogP contribution in [0.15, 0.2) is 24.3 Å². The molecule has 0 aliphatic heterocycles. The molecule has 1 aromatic rings. The molecule has 0 aliphatic rings. The molecule has 0 fully saturated rings. The highest BCUT2D eigenvalue weighted by atomic mass is 16.4. The van der Waals surface area contributed by atoms with Gasteiger partial charge in [-0.15, -0.1) is 0 Å². The summed E-state index contributed by atoms with van der Waals surface area (Å²) < 4.78 is 0.